The molecule has 0 aliphatic heterocycles. The number of ether oxygens (including phenoxy) is 2. The Hall–Kier alpha value is -1.10. The van der Waals surface area contributed by atoms with Crippen molar-refractivity contribution in [1.82, 2.24) is 0 Å². The number of carbonyl (C=O) groups is 2. The summed E-state index contributed by atoms with van der Waals surface area (Å²) in [6.45, 7) is 4.52. The normalized spacial score (nSPS) is 11.0. The van der Waals surface area contributed by atoms with Crippen LogP contribution in [0.4, 0.5) is 0 Å². The summed E-state index contributed by atoms with van der Waals surface area (Å²) < 4.78 is 9.39. The highest BCUT2D eigenvalue weighted by molar-refractivity contribution is 5.75. The molecule has 0 heterocycles. The van der Waals surface area contributed by atoms with Crippen molar-refractivity contribution < 1.29 is 24.2 Å². The summed E-state index contributed by atoms with van der Waals surface area (Å²) in [6.07, 6.45) is 0. The molecular weight excluding hydrogens is 176 g/mol. The van der Waals surface area contributed by atoms with E-state index in [4.69, 9.17) is 9.84 Å². The Kier molecular flexibility index (Phi) is 4.40. The zero-order chi connectivity index (χ0) is 10.5. The molecule has 1 N–H and O–H groups in total. The second-order valence-corrected chi connectivity index (χ2v) is 3.46. The molecule has 0 radical (unpaired) electrons. The number of hydrogen-bond acceptors (Lipinski definition) is 4. The van der Waals surface area contributed by atoms with Crippen LogP contribution in [0.1, 0.15) is 20.8 Å². The Bertz CT molecular complexity index is 191. The molecule has 0 aromatic heterocycles. The molecule has 5 nitrogen and oxygen atoms in total. The Morgan fingerprint density at radius 3 is 2.15 bits per heavy atom. The van der Waals surface area contributed by atoms with Crippen LogP contribution in [-0.2, 0) is 19.1 Å². The first kappa shape index (κ1) is 11.9. The van der Waals surface area contributed by atoms with Crippen LogP contribution in [0.25, 0.3) is 0 Å². The second-order valence-electron chi connectivity index (χ2n) is 3.46. The van der Waals surface area contributed by atoms with E-state index in [0.717, 1.165) is 0 Å². The van der Waals surface area contributed by atoms with Crippen molar-refractivity contribution in [3.8, 4) is 0 Å². The molecule has 0 aliphatic carbocycles. The lowest BCUT2D eigenvalue weighted by molar-refractivity contribution is -0.161. The Morgan fingerprint density at radius 2 is 1.77 bits per heavy atom. The SMILES string of the molecule is CC(C)(C)OCC(=O)OCC(=O)O. The number of hydrogen-bond donors (Lipinski definition) is 1. The van der Waals surface area contributed by atoms with Crippen LogP contribution in [-0.4, -0.2) is 35.9 Å². The van der Waals surface area contributed by atoms with Gasteiger partial charge in [-0.05, 0) is 20.8 Å². The van der Waals surface area contributed by atoms with Gasteiger partial charge in [0.15, 0.2) is 6.61 Å². The first-order chi connectivity index (χ1) is 5.81. The molecular formula is C8H14O5. The Morgan fingerprint density at radius 1 is 1.23 bits per heavy atom. The predicted octanol–water partition coefficient (Wildman–Crippen LogP) is 0.429. The van der Waals surface area contributed by atoms with E-state index in [1.165, 1.54) is 0 Å². The number of rotatable bonds is 4. The van der Waals surface area contributed by atoms with E-state index < -0.39 is 24.1 Å². The fourth-order valence-electron chi connectivity index (χ4n) is 0.459. The number of carboxylic acids is 1. The van der Waals surface area contributed by atoms with Gasteiger partial charge in [-0.2, -0.15) is 0 Å². The van der Waals surface area contributed by atoms with Gasteiger partial charge in [-0.1, -0.05) is 0 Å². The van der Waals surface area contributed by atoms with E-state index in [1.807, 2.05) is 0 Å². The number of esters is 1. The lowest BCUT2D eigenvalue weighted by Gasteiger charge is -2.18. The van der Waals surface area contributed by atoms with Crippen LogP contribution in [0.5, 0.6) is 0 Å². The van der Waals surface area contributed by atoms with Gasteiger partial charge in [0.05, 0.1) is 5.60 Å². The molecule has 0 amide bonds. The van der Waals surface area contributed by atoms with Gasteiger partial charge in [-0.15, -0.1) is 0 Å². The molecule has 5 heteroatoms. The summed E-state index contributed by atoms with van der Waals surface area (Å²) in [4.78, 5) is 20.8. The standard InChI is InChI=1S/C8H14O5/c1-8(2,3)13-5-7(11)12-4-6(9)10/h4-5H2,1-3H3,(H,9,10). The quantitative estimate of drug-likeness (QED) is 0.651. The van der Waals surface area contributed by atoms with Crippen molar-refractivity contribution in [2.75, 3.05) is 13.2 Å². The van der Waals surface area contributed by atoms with Crippen LogP contribution >= 0.6 is 0 Å². The summed E-state index contributed by atoms with van der Waals surface area (Å²) in [5.41, 5.74) is -0.428. The second kappa shape index (κ2) is 4.81. The average molecular weight is 190 g/mol. The van der Waals surface area contributed by atoms with Crippen molar-refractivity contribution >= 4 is 11.9 Å². The Labute approximate surface area is 76.6 Å². The van der Waals surface area contributed by atoms with Gasteiger partial charge in [0.2, 0.25) is 0 Å². The first-order valence-corrected chi connectivity index (χ1v) is 3.82. The van der Waals surface area contributed by atoms with Gasteiger partial charge in [0.1, 0.15) is 6.61 Å². The summed E-state index contributed by atoms with van der Waals surface area (Å²) in [6, 6.07) is 0. The molecule has 0 aliphatic rings. The third kappa shape index (κ3) is 8.81. The molecule has 0 aromatic carbocycles. The Balaban J connectivity index is 3.58. The van der Waals surface area contributed by atoms with Gasteiger partial charge >= 0.3 is 11.9 Å². The van der Waals surface area contributed by atoms with Crippen LogP contribution in [0.3, 0.4) is 0 Å². The van der Waals surface area contributed by atoms with Gasteiger partial charge < -0.3 is 14.6 Å². The van der Waals surface area contributed by atoms with Gasteiger partial charge in [-0.3, -0.25) is 0 Å². The predicted molar refractivity (Wildman–Crippen MR) is 44.3 cm³/mol. The topological polar surface area (TPSA) is 72.8 Å². The molecule has 13 heavy (non-hydrogen) atoms. The molecule has 76 valence electrons. The molecule has 0 bridgehead atoms. The fraction of sp³-hybridized carbons (Fsp3) is 0.750. The zero-order valence-electron chi connectivity index (χ0n) is 7.99. The summed E-state index contributed by atoms with van der Waals surface area (Å²) in [7, 11) is 0. The lowest BCUT2D eigenvalue weighted by Crippen LogP contribution is -2.25. The third-order valence-corrected chi connectivity index (χ3v) is 0.980. The zero-order valence-corrected chi connectivity index (χ0v) is 7.99. The van der Waals surface area contributed by atoms with E-state index in [0.29, 0.717) is 0 Å². The maximum Gasteiger partial charge on any atom is 0.341 e. The molecule has 0 saturated carbocycles. The summed E-state index contributed by atoms with van der Waals surface area (Å²) in [5, 5.41) is 8.17. The minimum Gasteiger partial charge on any atom is -0.479 e. The molecule has 0 fully saturated rings. The summed E-state index contributed by atoms with van der Waals surface area (Å²) >= 11 is 0. The largest absolute Gasteiger partial charge is 0.479 e. The molecule has 0 saturated heterocycles. The van der Waals surface area contributed by atoms with Gasteiger partial charge in [0, 0.05) is 0 Å². The van der Waals surface area contributed by atoms with Gasteiger partial charge in [0.25, 0.3) is 0 Å². The van der Waals surface area contributed by atoms with Crippen molar-refractivity contribution in [2.24, 2.45) is 0 Å². The number of carboxylic acid groups (broad SMARTS) is 1. The van der Waals surface area contributed by atoms with Crippen LogP contribution in [0.15, 0.2) is 0 Å². The van der Waals surface area contributed by atoms with Crippen molar-refractivity contribution in [1.29, 1.82) is 0 Å². The smallest absolute Gasteiger partial charge is 0.341 e. The van der Waals surface area contributed by atoms with Crippen LogP contribution in [0.2, 0.25) is 0 Å². The first-order valence-electron chi connectivity index (χ1n) is 3.82. The molecule has 0 aromatic rings. The van der Waals surface area contributed by atoms with Crippen molar-refractivity contribution in [3.63, 3.8) is 0 Å². The van der Waals surface area contributed by atoms with E-state index in [9.17, 15) is 9.59 Å². The van der Waals surface area contributed by atoms with Crippen molar-refractivity contribution in [3.05, 3.63) is 0 Å². The van der Waals surface area contributed by atoms with E-state index in [1.54, 1.807) is 20.8 Å². The highest BCUT2D eigenvalue weighted by atomic mass is 16.6. The third-order valence-electron chi connectivity index (χ3n) is 0.980. The molecule has 0 spiro atoms. The lowest BCUT2D eigenvalue weighted by atomic mass is 10.2. The molecule has 0 atom stereocenters. The highest BCUT2D eigenvalue weighted by Crippen LogP contribution is 2.05. The van der Waals surface area contributed by atoms with E-state index >= 15 is 0 Å². The minimum atomic E-state index is -1.18. The van der Waals surface area contributed by atoms with E-state index in [2.05, 4.69) is 4.74 Å². The van der Waals surface area contributed by atoms with Crippen LogP contribution in [0, 0.1) is 0 Å². The average Bonchev–Trinajstić information content (AvgIpc) is 1.95. The maximum absolute atomic E-state index is 10.8. The number of aliphatic carboxylic acids is 1. The minimum absolute atomic E-state index is 0.225. The molecule has 0 rings (SSSR count). The van der Waals surface area contributed by atoms with Crippen LogP contribution < -0.4 is 0 Å². The fourth-order valence-corrected chi connectivity index (χ4v) is 0.459. The highest BCUT2D eigenvalue weighted by Gasteiger charge is 2.14. The maximum atomic E-state index is 10.8. The van der Waals surface area contributed by atoms with Gasteiger partial charge in [-0.25, -0.2) is 9.59 Å². The molecule has 0 unspecified atom stereocenters. The summed E-state index contributed by atoms with van der Waals surface area (Å²) in [5.74, 6) is -1.85. The van der Waals surface area contributed by atoms with E-state index in [-0.39, 0.29) is 6.61 Å². The van der Waals surface area contributed by atoms with Crippen molar-refractivity contribution in [2.45, 2.75) is 26.4 Å². The number of carbonyl (C=O) groups excluding carboxylic acids is 1. The monoisotopic (exact) mass is 190 g/mol.